The Hall–Kier alpha value is -4.50. The van der Waals surface area contributed by atoms with Crippen LogP contribution in [-0.4, -0.2) is 42.7 Å². The van der Waals surface area contributed by atoms with Crippen LogP contribution in [0.3, 0.4) is 0 Å². The van der Waals surface area contributed by atoms with Crippen molar-refractivity contribution in [2.45, 2.75) is 33.8 Å². The lowest BCUT2D eigenvalue weighted by atomic mass is 10.0. The maximum atomic E-state index is 13.8. The van der Waals surface area contributed by atoms with Crippen molar-refractivity contribution in [3.05, 3.63) is 89.0 Å². The fraction of sp³-hybridized carbons (Fsp3) is 0.226. The van der Waals surface area contributed by atoms with Gasteiger partial charge in [-0.3, -0.25) is 19.4 Å². The normalized spacial score (nSPS) is 14.7. The zero-order valence-corrected chi connectivity index (χ0v) is 23.8. The number of hydrogen-bond donors (Lipinski definition) is 0. The van der Waals surface area contributed by atoms with E-state index in [-0.39, 0.29) is 23.4 Å². The molecule has 3 aromatic carbocycles. The lowest BCUT2D eigenvalue weighted by Gasteiger charge is -2.36. The lowest BCUT2D eigenvalue weighted by molar-refractivity contribution is -0.149. The summed E-state index contributed by atoms with van der Waals surface area (Å²) in [6.07, 6.45) is 1.24. The summed E-state index contributed by atoms with van der Waals surface area (Å²) in [7, 11) is 1.46. The third-order valence-corrected chi connectivity index (χ3v) is 6.59. The van der Waals surface area contributed by atoms with Crippen LogP contribution in [0.25, 0.3) is 6.08 Å². The summed E-state index contributed by atoms with van der Waals surface area (Å²) in [5.41, 5.74) is 3.60. The molecule has 0 aromatic heterocycles. The van der Waals surface area contributed by atoms with Crippen molar-refractivity contribution < 1.29 is 28.6 Å². The van der Waals surface area contributed by atoms with E-state index in [1.807, 2.05) is 38.1 Å². The van der Waals surface area contributed by atoms with Gasteiger partial charge < -0.3 is 14.2 Å². The number of carbonyl (C=O) groups excluding carboxylic acids is 3. The molecule has 4 rings (SSSR count). The number of hydrogen-bond acceptors (Lipinski definition) is 7. The number of benzene rings is 3. The van der Waals surface area contributed by atoms with Crippen molar-refractivity contribution >= 4 is 52.6 Å². The molecule has 206 valence electrons. The van der Waals surface area contributed by atoms with E-state index in [0.29, 0.717) is 28.4 Å². The van der Waals surface area contributed by atoms with Gasteiger partial charge in [0.1, 0.15) is 5.57 Å². The van der Waals surface area contributed by atoms with Gasteiger partial charge in [-0.1, -0.05) is 30.3 Å². The first kappa shape index (κ1) is 28.5. The minimum absolute atomic E-state index is 0.0659. The monoisotopic (exact) mass is 558 g/mol. The van der Waals surface area contributed by atoms with Crippen LogP contribution < -0.4 is 19.3 Å². The maximum absolute atomic E-state index is 13.8. The first-order chi connectivity index (χ1) is 19.1. The molecule has 1 fully saturated rings. The van der Waals surface area contributed by atoms with Gasteiger partial charge in [0.25, 0.3) is 11.8 Å². The predicted octanol–water partition coefficient (Wildman–Crippen LogP) is 5.39. The van der Waals surface area contributed by atoms with Gasteiger partial charge in [0.2, 0.25) is 0 Å². The number of nitrogens with zero attached hydrogens (tertiary/aromatic N) is 2. The second-order valence-electron chi connectivity index (χ2n) is 9.46. The topological polar surface area (TPSA) is 85.4 Å². The van der Waals surface area contributed by atoms with E-state index in [4.69, 9.17) is 26.4 Å². The van der Waals surface area contributed by atoms with Gasteiger partial charge in [-0.25, -0.2) is 4.79 Å². The number of ether oxygens (including phenoxy) is 3. The number of thiocarbonyl (C=S) groups is 1. The van der Waals surface area contributed by atoms with E-state index in [2.05, 4.69) is 0 Å². The predicted molar refractivity (Wildman–Crippen MR) is 158 cm³/mol. The Morgan fingerprint density at radius 3 is 2.17 bits per heavy atom. The van der Waals surface area contributed by atoms with E-state index < -0.39 is 17.8 Å². The molecule has 1 heterocycles. The Bertz CT molecular complexity index is 1500. The van der Waals surface area contributed by atoms with Crippen LogP contribution in [0.15, 0.2) is 72.3 Å². The maximum Gasteiger partial charge on any atom is 0.344 e. The first-order valence-electron chi connectivity index (χ1n) is 12.7. The summed E-state index contributed by atoms with van der Waals surface area (Å²) in [6.45, 7) is 7.14. The number of methoxy groups -OCH3 is 1. The van der Waals surface area contributed by atoms with E-state index >= 15 is 0 Å². The minimum Gasteiger partial charge on any atom is -0.493 e. The highest BCUT2D eigenvalue weighted by Crippen LogP contribution is 2.33. The largest absolute Gasteiger partial charge is 0.493 e. The zero-order chi connectivity index (χ0) is 29.0. The summed E-state index contributed by atoms with van der Waals surface area (Å²) in [5, 5.41) is 0.0659. The number of esters is 1. The van der Waals surface area contributed by atoms with Gasteiger partial charge >= 0.3 is 5.97 Å². The van der Waals surface area contributed by atoms with Crippen LogP contribution in [0.2, 0.25) is 0 Å². The van der Waals surface area contributed by atoms with Gasteiger partial charge in [0.15, 0.2) is 23.2 Å². The Kier molecular flexibility index (Phi) is 8.64. The molecule has 40 heavy (non-hydrogen) atoms. The number of amides is 2. The third kappa shape index (κ3) is 6.05. The SMILES string of the molecule is COc1cc(/C=C2\C(=O)N(c3ccccc3)C(=S)N(c3ccc(C)c(C)c3)C2=O)ccc1OCC(=O)OC(C)C. The average molecular weight is 559 g/mol. The van der Waals surface area contributed by atoms with Crippen LogP contribution in [0.5, 0.6) is 11.5 Å². The van der Waals surface area contributed by atoms with E-state index in [0.717, 1.165) is 11.1 Å². The molecule has 0 saturated carbocycles. The minimum atomic E-state index is -0.544. The van der Waals surface area contributed by atoms with E-state index in [1.165, 1.54) is 23.0 Å². The molecular weight excluding hydrogens is 528 g/mol. The smallest absolute Gasteiger partial charge is 0.344 e. The highest BCUT2D eigenvalue weighted by atomic mass is 32.1. The molecule has 8 nitrogen and oxygen atoms in total. The second kappa shape index (κ2) is 12.1. The molecule has 1 saturated heterocycles. The molecular formula is C31H30N2O6S. The van der Waals surface area contributed by atoms with Crippen molar-refractivity contribution in [2.24, 2.45) is 0 Å². The Labute approximate surface area is 238 Å². The number of para-hydroxylation sites is 1. The van der Waals surface area contributed by atoms with Gasteiger partial charge in [-0.2, -0.15) is 0 Å². The van der Waals surface area contributed by atoms with Crippen LogP contribution >= 0.6 is 12.2 Å². The molecule has 1 aliphatic rings. The fourth-order valence-electron chi connectivity index (χ4n) is 4.12. The molecule has 0 atom stereocenters. The molecule has 1 aliphatic heterocycles. The van der Waals surface area contributed by atoms with E-state index in [9.17, 15) is 14.4 Å². The Morgan fingerprint density at radius 1 is 0.875 bits per heavy atom. The van der Waals surface area contributed by atoms with Gasteiger partial charge in [-0.15, -0.1) is 0 Å². The summed E-state index contributed by atoms with van der Waals surface area (Å²) in [4.78, 5) is 42.2. The van der Waals surface area contributed by atoms with Crippen molar-refractivity contribution in [2.75, 3.05) is 23.5 Å². The lowest BCUT2D eigenvalue weighted by Crippen LogP contribution is -2.57. The van der Waals surface area contributed by atoms with Gasteiger partial charge in [0, 0.05) is 0 Å². The molecule has 0 radical (unpaired) electrons. The second-order valence-corrected chi connectivity index (χ2v) is 9.83. The molecule has 9 heteroatoms. The molecule has 0 unspecified atom stereocenters. The fourth-order valence-corrected chi connectivity index (χ4v) is 4.50. The van der Waals surface area contributed by atoms with Crippen molar-refractivity contribution in [1.82, 2.24) is 0 Å². The summed E-state index contributed by atoms with van der Waals surface area (Å²) < 4.78 is 16.1. The van der Waals surface area contributed by atoms with Crippen LogP contribution in [-0.2, 0) is 19.1 Å². The van der Waals surface area contributed by atoms with Crippen LogP contribution in [0.1, 0.15) is 30.5 Å². The standard InChI is InChI=1S/C31H30N2O6S/c1-19(2)39-28(34)18-38-26-14-12-22(17-27(26)37-5)16-25-29(35)32(23-9-7-6-8-10-23)31(40)33(30(25)36)24-13-11-20(3)21(4)15-24/h6-17,19H,18H2,1-5H3/b25-16+. The number of rotatable bonds is 8. The quantitative estimate of drug-likeness (QED) is 0.159. The summed E-state index contributed by atoms with van der Waals surface area (Å²) in [5.74, 6) is -0.956. The number of aryl methyl sites for hydroxylation is 2. The first-order valence-corrected chi connectivity index (χ1v) is 13.1. The molecule has 0 N–H and O–H groups in total. The third-order valence-electron chi connectivity index (χ3n) is 6.22. The Balaban J connectivity index is 1.74. The van der Waals surface area contributed by atoms with Crippen molar-refractivity contribution in [1.29, 1.82) is 0 Å². The highest BCUT2D eigenvalue weighted by Gasteiger charge is 2.41. The molecule has 3 aromatic rings. The number of anilines is 2. The van der Waals surface area contributed by atoms with Crippen molar-refractivity contribution in [3.8, 4) is 11.5 Å². The number of carbonyl (C=O) groups is 3. The van der Waals surface area contributed by atoms with Gasteiger partial charge in [-0.05, 0) is 99.1 Å². The highest BCUT2D eigenvalue weighted by molar-refractivity contribution is 7.81. The van der Waals surface area contributed by atoms with Gasteiger partial charge in [0.05, 0.1) is 24.6 Å². The molecule has 0 bridgehead atoms. The van der Waals surface area contributed by atoms with Crippen LogP contribution in [0.4, 0.5) is 11.4 Å². The van der Waals surface area contributed by atoms with Crippen molar-refractivity contribution in [3.63, 3.8) is 0 Å². The molecule has 2 amide bonds. The van der Waals surface area contributed by atoms with E-state index in [1.54, 1.807) is 56.3 Å². The Morgan fingerprint density at radius 2 is 1.55 bits per heavy atom. The van der Waals surface area contributed by atoms with Crippen LogP contribution in [0, 0.1) is 13.8 Å². The summed E-state index contributed by atoms with van der Waals surface area (Å²) in [6, 6.07) is 19.4. The molecule has 0 spiro atoms. The molecule has 0 aliphatic carbocycles. The average Bonchev–Trinajstić information content (AvgIpc) is 2.92. The summed E-state index contributed by atoms with van der Waals surface area (Å²) >= 11 is 5.70. The zero-order valence-electron chi connectivity index (χ0n) is 23.0.